The van der Waals surface area contributed by atoms with Gasteiger partial charge in [-0.1, -0.05) is 42.8 Å². The molecule has 0 heterocycles. The van der Waals surface area contributed by atoms with E-state index < -0.39 is 18.2 Å². The van der Waals surface area contributed by atoms with Crippen LogP contribution in [0.1, 0.15) is 24.2 Å². The molecule has 2 aromatic carbocycles. The first-order chi connectivity index (χ1) is 12.3. The molecule has 0 bridgehead atoms. The van der Waals surface area contributed by atoms with Gasteiger partial charge in [-0.15, -0.1) is 0 Å². The minimum atomic E-state index is -1.08. The van der Waals surface area contributed by atoms with Crippen molar-refractivity contribution in [3.8, 4) is 5.75 Å². The molecule has 0 spiro atoms. The normalized spacial score (nSPS) is 13.2. The number of amides is 1. The molecule has 6 heteroatoms. The molecule has 2 atom stereocenters. The van der Waals surface area contributed by atoms with Gasteiger partial charge in [-0.05, 0) is 36.8 Å². The highest BCUT2D eigenvalue weighted by atomic mass is 16.6. The third-order valence-electron chi connectivity index (χ3n) is 3.77. The number of carbonyl (C=O) groups excluding carboxylic acids is 1. The summed E-state index contributed by atoms with van der Waals surface area (Å²) < 4.78 is 5.53. The van der Waals surface area contributed by atoms with Crippen molar-refractivity contribution in [2.45, 2.75) is 20.0 Å². The average Bonchev–Trinajstić information content (AvgIpc) is 2.60. The second kappa shape index (κ2) is 8.71. The molecule has 0 saturated carbocycles. The maximum atomic E-state index is 12.3. The van der Waals surface area contributed by atoms with Gasteiger partial charge in [-0.2, -0.15) is 0 Å². The van der Waals surface area contributed by atoms with Crippen molar-refractivity contribution in [3.63, 3.8) is 0 Å². The van der Waals surface area contributed by atoms with E-state index in [4.69, 9.17) is 9.84 Å². The summed E-state index contributed by atoms with van der Waals surface area (Å²) in [6, 6.07) is 13.5. The molecule has 0 aliphatic rings. The fourth-order valence-electron chi connectivity index (χ4n) is 2.38. The molecule has 26 heavy (non-hydrogen) atoms. The number of benzene rings is 2. The van der Waals surface area contributed by atoms with Crippen LogP contribution in [0.2, 0.25) is 0 Å². The predicted octanol–water partition coefficient (Wildman–Crippen LogP) is 4.27. The van der Waals surface area contributed by atoms with Crippen LogP contribution < -0.4 is 5.32 Å². The van der Waals surface area contributed by atoms with Gasteiger partial charge in [0.25, 0.3) is 0 Å². The Morgan fingerprint density at radius 1 is 1.08 bits per heavy atom. The van der Waals surface area contributed by atoms with Crippen LogP contribution in [0, 0.1) is 12.8 Å². The molecule has 0 aliphatic heterocycles. The van der Waals surface area contributed by atoms with Crippen LogP contribution in [0.3, 0.4) is 0 Å². The Morgan fingerprint density at radius 3 is 2.27 bits per heavy atom. The van der Waals surface area contributed by atoms with Gasteiger partial charge in [0.2, 0.25) is 0 Å². The highest BCUT2D eigenvalue weighted by Gasteiger charge is 2.22. The number of anilines is 1. The average molecular weight is 355 g/mol. The zero-order valence-electron chi connectivity index (χ0n) is 14.5. The largest absolute Gasteiger partial charge is 0.508 e. The number of phenols is 1. The number of aromatic hydroxyl groups is 1. The highest BCUT2D eigenvalue weighted by molar-refractivity contribution is 5.84. The number of hydrogen-bond acceptors (Lipinski definition) is 4. The van der Waals surface area contributed by atoms with E-state index in [2.05, 4.69) is 5.32 Å². The van der Waals surface area contributed by atoms with Crippen LogP contribution in [0.15, 0.2) is 60.7 Å². The SMILES string of the molecule is Cc1ccc(NC(=O)O[C@H](c2ccc(O)cc2)[C@H](C)/C=C/C(=O)O)cc1. The van der Waals surface area contributed by atoms with Gasteiger partial charge in [0, 0.05) is 17.7 Å². The maximum Gasteiger partial charge on any atom is 0.412 e. The summed E-state index contributed by atoms with van der Waals surface area (Å²) >= 11 is 0. The molecule has 2 rings (SSSR count). The monoisotopic (exact) mass is 355 g/mol. The van der Waals surface area contributed by atoms with Crippen molar-refractivity contribution >= 4 is 17.7 Å². The summed E-state index contributed by atoms with van der Waals surface area (Å²) in [6.07, 6.45) is 1.11. The number of nitrogens with one attached hydrogen (secondary N) is 1. The minimum Gasteiger partial charge on any atom is -0.508 e. The van der Waals surface area contributed by atoms with Crippen LogP contribution >= 0.6 is 0 Å². The summed E-state index contributed by atoms with van der Waals surface area (Å²) in [6.45, 7) is 3.69. The Kier molecular flexibility index (Phi) is 6.38. The van der Waals surface area contributed by atoms with E-state index in [0.29, 0.717) is 11.3 Å². The van der Waals surface area contributed by atoms with Gasteiger partial charge in [0.05, 0.1) is 0 Å². The molecule has 0 aromatic heterocycles. The molecule has 2 aromatic rings. The first kappa shape index (κ1) is 19.1. The Balaban J connectivity index is 2.16. The molecule has 6 nitrogen and oxygen atoms in total. The van der Waals surface area contributed by atoms with Crippen molar-refractivity contribution in [2.24, 2.45) is 5.92 Å². The molecule has 3 N–H and O–H groups in total. The quantitative estimate of drug-likeness (QED) is 0.673. The maximum absolute atomic E-state index is 12.3. The van der Waals surface area contributed by atoms with Crippen molar-refractivity contribution in [1.82, 2.24) is 0 Å². The molecule has 0 saturated heterocycles. The van der Waals surface area contributed by atoms with Crippen molar-refractivity contribution < 1.29 is 24.5 Å². The molecule has 0 radical (unpaired) electrons. The fraction of sp³-hybridized carbons (Fsp3) is 0.200. The van der Waals surface area contributed by atoms with E-state index in [1.807, 2.05) is 19.1 Å². The number of carbonyl (C=O) groups is 2. The third kappa shape index (κ3) is 5.66. The van der Waals surface area contributed by atoms with Crippen LogP contribution in [0.5, 0.6) is 5.75 Å². The Hall–Kier alpha value is -3.28. The van der Waals surface area contributed by atoms with Gasteiger partial charge in [0.1, 0.15) is 11.9 Å². The predicted molar refractivity (Wildman–Crippen MR) is 98.1 cm³/mol. The lowest BCUT2D eigenvalue weighted by Gasteiger charge is -2.22. The second-order valence-corrected chi connectivity index (χ2v) is 5.96. The molecule has 136 valence electrons. The number of ether oxygens (including phenoxy) is 1. The van der Waals surface area contributed by atoms with E-state index >= 15 is 0 Å². The minimum absolute atomic E-state index is 0.0883. The zero-order chi connectivity index (χ0) is 19.1. The number of carboxylic acid groups (broad SMARTS) is 1. The molecular weight excluding hydrogens is 334 g/mol. The van der Waals surface area contributed by atoms with Crippen molar-refractivity contribution in [3.05, 3.63) is 71.8 Å². The smallest absolute Gasteiger partial charge is 0.412 e. The number of rotatable bonds is 6. The summed E-state index contributed by atoms with van der Waals surface area (Å²) in [5, 5.41) is 20.9. The number of hydrogen-bond donors (Lipinski definition) is 3. The summed E-state index contributed by atoms with van der Waals surface area (Å²) in [5.74, 6) is -1.38. The number of aryl methyl sites for hydroxylation is 1. The van der Waals surface area contributed by atoms with E-state index in [0.717, 1.165) is 11.6 Å². The standard InChI is InChI=1S/C20H21NO5/c1-13-3-8-16(9-4-13)21-20(25)26-19(14(2)5-12-18(23)24)15-6-10-17(22)11-7-15/h3-12,14,19,22H,1-2H3,(H,21,25)(H,23,24)/b12-5+/t14-,19+/m1/s1. The molecule has 1 amide bonds. The third-order valence-corrected chi connectivity index (χ3v) is 3.77. The van der Waals surface area contributed by atoms with Crippen molar-refractivity contribution in [2.75, 3.05) is 5.32 Å². The van der Waals surface area contributed by atoms with E-state index in [1.165, 1.54) is 18.2 Å². The number of carboxylic acids is 1. The highest BCUT2D eigenvalue weighted by Crippen LogP contribution is 2.29. The molecule has 0 aliphatic carbocycles. The summed E-state index contributed by atoms with van der Waals surface area (Å²) in [5.41, 5.74) is 2.31. The van der Waals surface area contributed by atoms with Gasteiger partial charge in [-0.25, -0.2) is 9.59 Å². The van der Waals surface area contributed by atoms with Gasteiger partial charge < -0.3 is 14.9 Å². The first-order valence-electron chi connectivity index (χ1n) is 8.09. The van der Waals surface area contributed by atoms with Gasteiger partial charge in [0.15, 0.2) is 0 Å². The van der Waals surface area contributed by atoms with E-state index in [9.17, 15) is 14.7 Å². The second-order valence-electron chi connectivity index (χ2n) is 5.96. The first-order valence-corrected chi connectivity index (χ1v) is 8.09. The van der Waals surface area contributed by atoms with Crippen LogP contribution in [0.25, 0.3) is 0 Å². The van der Waals surface area contributed by atoms with Gasteiger partial charge >= 0.3 is 12.1 Å². The Morgan fingerprint density at radius 2 is 1.69 bits per heavy atom. The molecule has 0 unspecified atom stereocenters. The molecular formula is C20H21NO5. The van der Waals surface area contributed by atoms with Crippen LogP contribution in [-0.4, -0.2) is 22.3 Å². The lowest BCUT2D eigenvalue weighted by atomic mass is 9.96. The topological polar surface area (TPSA) is 95.9 Å². The number of aliphatic carboxylic acids is 1. The van der Waals surface area contributed by atoms with E-state index in [-0.39, 0.29) is 11.7 Å². The summed E-state index contributed by atoms with van der Waals surface area (Å²) in [7, 11) is 0. The van der Waals surface area contributed by atoms with Crippen molar-refractivity contribution in [1.29, 1.82) is 0 Å². The fourth-order valence-corrected chi connectivity index (χ4v) is 2.38. The zero-order valence-corrected chi connectivity index (χ0v) is 14.5. The Bertz CT molecular complexity index is 781. The van der Waals surface area contributed by atoms with E-state index in [1.54, 1.807) is 31.2 Å². The molecule has 0 fully saturated rings. The van der Waals surface area contributed by atoms with Gasteiger partial charge in [-0.3, -0.25) is 5.32 Å². The number of phenolic OH excluding ortho intramolecular Hbond substituents is 1. The lowest BCUT2D eigenvalue weighted by molar-refractivity contribution is -0.131. The van der Waals surface area contributed by atoms with Crippen LogP contribution in [-0.2, 0) is 9.53 Å². The summed E-state index contributed by atoms with van der Waals surface area (Å²) in [4.78, 5) is 23.0. The lowest BCUT2D eigenvalue weighted by Crippen LogP contribution is -2.21. The van der Waals surface area contributed by atoms with Crippen LogP contribution in [0.4, 0.5) is 10.5 Å². The Labute approximate surface area is 151 Å².